The first kappa shape index (κ1) is 14.5. The number of fused-ring (bicyclic) bond motifs is 1. The van der Waals surface area contributed by atoms with E-state index >= 15 is 0 Å². The van der Waals surface area contributed by atoms with Crippen LogP contribution in [-0.2, 0) is 4.79 Å². The normalized spacial score (nSPS) is 10.2. The first-order valence-corrected chi connectivity index (χ1v) is 6.97. The van der Waals surface area contributed by atoms with Crippen LogP contribution >= 0.6 is 15.9 Å². The van der Waals surface area contributed by atoms with E-state index in [0.717, 1.165) is 21.0 Å². The second-order valence-electron chi connectivity index (χ2n) is 4.48. The quantitative estimate of drug-likeness (QED) is 0.687. The van der Waals surface area contributed by atoms with Crippen molar-refractivity contribution < 1.29 is 9.53 Å². The zero-order chi connectivity index (χ0) is 14.5. The third-order valence-corrected chi connectivity index (χ3v) is 3.41. The van der Waals surface area contributed by atoms with E-state index in [1.54, 1.807) is 13.8 Å². The van der Waals surface area contributed by atoms with E-state index < -0.39 is 0 Å². The standard InChI is InChI=1S/C15H15BrN2O2/c1-10(2)17-18-14(19)9-20-13-8-7-11-5-3-4-6-12(11)15(13)16/h3-8H,9H2,1-2H3,(H,18,19). The van der Waals surface area contributed by atoms with E-state index in [2.05, 4.69) is 26.5 Å². The summed E-state index contributed by atoms with van der Waals surface area (Å²) in [6.07, 6.45) is 0. The number of carbonyl (C=O) groups is 1. The Hall–Kier alpha value is -1.88. The van der Waals surface area contributed by atoms with Crippen LogP contribution in [0, 0.1) is 0 Å². The van der Waals surface area contributed by atoms with Crippen LogP contribution in [0.2, 0.25) is 0 Å². The molecule has 2 aromatic carbocycles. The molecular formula is C15H15BrN2O2. The molecule has 0 aliphatic heterocycles. The summed E-state index contributed by atoms with van der Waals surface area (Å²) in [5.74, 6) is 0.349. The molecule has 1 N–H and O–H groups in total. The van der Waals surface area contributed by atoms with Crippen molar-refractivity contribution in [3.8, 4) is 5.75 Å². The molecule has 0 bridgehead atoms. The van der Waals surface area contributed by atoms with Gasteiger partial charge in [-0.15, -0.1) is 0 Å². The zero-order valence-corrected chi connectivity index (χ0v) is 12.9. The summed E-state index contributed by atoms with van der Waals surface area (Å²) in [5, 5.41) is 6.00. The van der Waals surface area contributed by atoms with Crippen molar-refractivity contribution in [1.82, 2.24) is 5.43 Å². The van der Waals surface area contributed by atoms with Crippen molar-refractivity contribution in [3.05, 3.63) is 40.9 Å². The average molecular weight is 335 g/mol. The van der Waals surface area contributed by atoms with Gasteiger partial charge in [0, 0.05) is 5.71 Å². The fourth-order valence-electron chi connectivity index (χ4n) is 1.67. The number of ether oxygens (including phenoxy) is 1. The van der Waals surface area contributed by atoms with Gasteiger partial charge in [-0.1, -0.05) is 30.3 Å². The van der Waals surface area contributed by atoms with Crippen molar-refractivity contribution in [1.29, 1.82) is 0 Å². The fraction of sp³-hybridized carbons (Fsp3) is 0.200. The van der Waals surface area contributed by atoms with Crippen molar-refractivity contribution in [2.75, 3.05) is 6.61 Å². The molecule has 20 heavy (non-hydrogen) atoms. The van der Waals surface area contributed by atoms with Crippen LogP contribution in [0.4, 0.5) is 0 Å². The van der Waals surface area contributed by atoms with Gasteiger partial charge in [-0.05, 0) is 46.6 Å². The second-order valence-corrected chi connectivity index (χ2v) is 5.27. The molecular weight excluding hydrogens is 320 g/mol. The molecule has 0 atom stereocenters. The number of rotatable bonds is 4. The Kier molecular flexibility index (Phi) is 4.74. The number of hydrogen-bond donors (Lipinski definition) is 1. The lowest BCUT2D eigenvalue weighted by atomic mass is 10.1. The molecule has 1 amide bonds. The topological polar surface area (TPSA) is 50.7 Å². The smallest absolute Gasteiger partial charge is 0.277 e. The van der Waals surface area contributed by atoms with Crippen LogP contribution in [-0.4, -0.2) is 18.2 Å². The molecule has 0 fully saturated rings. The van der Waals surface area contributed by atoms with E-state index in [0.29, 0.717) is 5.75 Å². The van der Waals surface area contributed by atoms with Crippen LogP contribution < -0.4 is 10.2 Å². The van der Waals surface area contributed by atoms with Gasteiger partial charge in [0.15, 0.2) is 6.61 Å². The molecule has 104 valence electrons. The molecule has 0 saturated heterocycles. The maximum atomic E-state index is 11.5. The first-order chi connectivity index (χ1) is 9.58. The molecule has 4 nitrogen and oxygen atoms in total. The van der Waals surface area contributed by atoms with Gasteiger partial charge in [0.1, 0.15) is 5.75 Å². The van der Waals surface area contributed by atoms with Gasteiger partial charge in [0.05, 0.1) is 4.47 Å². The highest BCUT2D eigenvalue weighted by atomic mass is 79.9. The summed E-state index contributed by atoms with van der Waals surface area (Å²) >= 11 is 3.51. The molecule has 0 unspecified atom stereocenters. The molecule has 2 rings (SSSR count). The van der Waals surface area contributed by atoms with Gasteiger partial charge in [-0.2, -0.15) is 5.10 Å². The number of nitrogens with zero attached hydrogens (tertiary/aromatic N) is 1. The Bertz CT molecular complexity index is 664. The maximum Gasteiger partial charge on any atom is 0.277 e. The third kappa shape index (κ3) is 3.57. The first-order valence-electron chi connectivity index (χ1n) is 6.17. The number of hydrazone groups is 1. The van der Waals surface area contributed by atoms with E-state index in [4.69, 9.17) is 4.74 Å². The lowest BCUT2D eigenvalue weighted by Gasteiger charge is -2.09. The Labute approximate surface area is 125 Å². The van der Waals surface area contributed by atoms with E-state index in [-0.39, 0.29) is 12.5 Å². The number of benzene rings is 2. The number of amides is 1. The number of halogens is 1. The summed E-state index contributed by atoms with van der Waals surface area (Å²) in [4.78, 5) is 11.5. The lowest BCUT2D eigenvalue weighted by molar-refractivity contribution is -0.123. The Balaban J connectivity index is 2.09. The summed E-state index contributed by atoms with van der Waals surface area (Å²) in [7, 11) is 0. The summed E-state index contributed by atoms with van der Waals surface area (Å²) in [5.41, 5.74) is 3.20. The number of nitrogens with one attached hydrogen (secondary N) is 1. The van der Waals surface area contributed by atoms with Gasteiger partial charge >= 0.3 is 0 Å². The van der Waals surface area contributed by atoms with Gasteiger partial charge in [0.2, 0.25) is 0 Å². The SMILES string of the molecule is CC(C)=NNC(=O)COc1ccc2ccccc2c1Br. The summed E-state index contributed by atoms with van der Waals surface area (Å²) in [6.45, 7) is 3.54. The minimum absolute atomic E-state index is 0.0757. The minimum atomic E-state index is -0.286. The molecule has 0 heterocycles. The maximum absolute atomic E-state index is 11.5. The third-order valence-electron chi connectivity index (χ3n) is 2.59. The highest BCUT2D eigenvalue weighted by molar-refractivity contribution is 9.10. The highest BCUT2D eigenvalue weighted by Gasteiger charge is 2.08. The predicted octanol–water partition coefficient (Wildman–Crippen LogP) is 3.49. The molecule has 0 aromatic heterocycles. The molecule has 5 heteroatoms. The van der Waals surface area contributed by atoms with Crippen LogP contribution in [0.25, 0.3) is 10.8 Å². The summed E-state index contributed by atoms with van der Waals surface area (Å²) < 4.78 is 6.36. The van der Waals surface area contributed by atoms with Crippen molar-refractivity contribution >= 4 is 38.3 Å². The number of carbonyl (C=O) groups excluding carboxylic acids is 1. The van der Waals surface area contributed by atoms with Gasteiger partial charge in [-0.3, -0.25) is 4.79 Å². The Morgan fingerprint density at radius 1 is 1.25 bits per heavy atom. The van der Waals surface area contributed by atoms with Crippen molar-refractivity contribution in [2.45, 2.75) is 13.8 Å². The van der Waals surface area contributed by atoms with Crippen LogP contribution in [0.1, 0.15) is 13.8 Å². The molecule has 0 aliphatic rings. The van der Waals surface area contributed by atoms with Crippen LogP contribution in [0.15, 0.2) is 46.0 Å². The molecule has 0 spiro atoms. The van der Waals surface area contributed by atoms with Crippen LogP contribution in [0.5, 0.6) is 5.75 Å². The van der Waals surface area contributed by atoms with Gasteiger partial charge in [-0.25, -0.2) is 5.43 Å². The van der Waals surface area contributed by atoms with E-state index in [1.807, 2.05) is 36.4 Å². The van der Waals surface area contributed by atoms with Crippen LogP contribution in [0.3, 0.4) is 0 Å². The Morgan fingerprint density at radius 2 is 2.00 bits per heavy atom. The average Bonchev–Trinajstić information content (AvgIpc) is 2.44. The molecule has 0 saturated carbocycles. The Morgan fingerprint density at radius 3 is 2.75 bits per heavy atom. The largest absolute Gasteiger partial charge is 0.483 e. The van der Waals surface area contributed by atoms with Crippen molar-refractivity contribution in [3.63, 3.8) is 0 Å². The lowest BCUT2D eigenvalue weighted by Crippen LogP contribution is -2.25. The summed E-state index contributed by atoms with van der Waals surface area (Å²) in [6, 6.07) is 11.8. The van der Waals surface area contributed by atoms with E-state index in [9.17, 15) is 4.79 Å². The van der Waals surface area contributed by atoms with Gasteiger partial charge < -0.3 is 4.74 Å². The van der Waals surface area contributed by atoms with Crippen molar-refractivity contribution in [2.24, 2.45) is 5.10 Å². The zero-order valence-electron chi connectivity index (χ0n) is 11.3. The second kappa shape index (κ2) is 6.52. The van der Waals surface area contributed by atoms with Gasteiger partial charge in [0.25, 0.3) is 5.91 Å². The predicted molar refractivity (Wildman–Crippen MR) is 84.1 cm³/mol. The molecule has 2 aromatic rings. The van der Waals surface area contributed by atoms with E-state index in [1.165, 1.54) is 0 Å². The minimum Gasteiger partial charge on any atom is -0.483 e. The monoisotopic (exact) mass is 334 g/mol. The molecule has 0 radical (unpaired) electrons. The molecule has 0 aliphatic carbocycles. The highest BCUT2D eigenvalue weighted by Crippen LogP contribution is 2.32. The number of hydrogen-bond acceptors (Lipinski definition) is 3. The fourth-order valence-corrected chi connectivity index (χ4v) is 2.28.